The van der Waals surface area contributed by atoms with E-state index in [4.69, 9.17) is 17.3 Å². The van der Waals surface area contributed by atoms with Crippen LogP contribution in [-0.4, -0.2) is 18.4 Å². The number of halogens is 1. The lowest BCUT2D eigenvalue weighted by atomic mass is 10.1. The van der Waals surface area contributed by atoms with Gasteiger partial charge in [-0.2, -0.15) is 0 Å². The normalized spacial score (nSPS) is 10.2. The van der Waals surface area contributed by atoms with Crippen LogP contribution in [0.3, 0.4) is 0 Å². The summed E-state index contributed by atoms with van der Waals surface area (Å²) in [5.41, 5.74) is 7.98. The highest BCUT2D eigenvalue weighted by Crippen LogP contribution is 2.22. The summed E-state index contributed by atoms with van der Waals surface area (Å²) in [6.07, 6.45) is 0.753. The number of carbonyl (C=O) groups is 2. The summed E-state index contributed by atoms with van der Waals surface area (Å²) in [5.74, 6) is -0.550. The van der Waals surface area contributed by atoms with Crippen LogP contribution in [0.2, 0.25) is 5.02 Å². The van der Waals surface area contributed by atoms with Gasteiger partial charge in [-0.25, -0.2) is 0 Å². The average molecular weight is 332 g/mol. The maximum absolute atomic E-state index is 12.2. The van der Waals surface area contributed by atoms with Crippen molar-refractivity contribution in [2.24, 2.45) is 5.73 Å². The van der Waals surface area contributed by atoms with Crippen LogP contribution in [-0.2, 0) is 11.2 Å². The fraction of sp³-hybridized carbons (Fsp3) is 0.176. The van der Waals surface area contributed by atoms with E-state index in [0.29, 0.717) is 22.0 Å². The summed E-state index contributed by atoms with van der Waals surface area (Å²) in [7, 11) is 0. The summed E-state index contributed by atoms with van der Waals surface area (Å²) < 4.78 is 0. The lowest BCUT2D eigenvalue weighted by Crippen LogP contribution is -2.22. The molecule has 0 atom stereocenters. The Morgan fingerprint density at radius 1 is 1.13 bits per heavy atom. The predicted molar refractivity (Wildman–Crippen MR) is 92.9 cm³/mol. The molecule has 0 aliphatic carbocycles. The van der Waals surface area contributed by atoms with Gasteiger partial charge in [-0.3, -0.25) is 9.59 Å². The van der Waals surface area contributed by atoms with Gasteiger partial charge in [-0.05, 0) is 42.3 Å². The van der Waals surface area contributed by atoms with Crippen LogP contribution in [0.15, 0.2) is 42.5 Å². The number of nitrogens with one attached hydrogen (secondary N) is 2. The molecule has 0 bridgehead atoms. The zero-order valence-corrected chi connectivity index (χ0v) is 13.5. The number of nitrogens with two attached hydrogens (primary N) is 1. The molecule has 2 rings (SSSR count). The maximum atomic E-state index is 12.2. The number of anilines is 2. The lowest BCUT2D eigenvalue weighted by Gasteiger charge is -2.12. The Hall–Kier alpha value is -2.37. The largest absolute Gasteiger partial charge is 0.325 e. The van der Waals surface area contributed by atoms with Crippen LogP contribution in [0.1, 0.15) is 22.8 Å². The molecule has 0 spiro atoms. The van der Waals surface area contributed by atoms with Gasteiger partial charge < -0.3 is 16.4 Å². The number of amides is 2. The summed E-state index contributed by atoms with van der Waals surface area (Å²) in [6, 6.07) is 12.1. The monoisotopic (exact) mass is 331 g/mol. The smallest absolute Gasteiger partial charge is 0.255 e. The zero-order chi connectivity index (χ0) is 16.8. The topological polar surface area (TPSA) is 84.2 Å². The van der Waals surface area contributed by atoms with Crippen LogP contribution in [0.5, 0.6) is 0 Å². The summed E-state index contributed by atoms with van der Waals surface area (Å²) in [4.78, 5) is 23.7. The fourth-order valence-corrected chi connectivity index (χ4v) is 2.30. The first-order valence-electron chi connectivity index (χ1n) is 7.23. The Labute approximate surface area is 139 Å². The molecule has 5 nitrogen and oxygen atoms in total. The molecule has 0 saturated carbocycles. The van der Waals surface area contributed by atoms with E-state index in [2.05, 4.69) is 10.6 Å². The van der Waals surface area contributed by atoms with Crippen molar-refractivity contribution in [2.45, 2.75) is 13.3 Å². The highest BCUT2D eigenvalue weighted by molar-refractivity contribution is 6.31. The Balaban J connectivity index is 2.21. The maximum Gasteiger partial charge on any atom is 0.255 e. The number of benzene rings is 2. The Morgan fingerprint density at radius 2 is 1.91 bits per heavy atom. The molecule has 0 radical (unpaired) electrons. The van der Waals surface area contributed by atoms with E-state index >= 15 is 0 Å². The first-order valence-corrected chi connectivity index (χ1v) is 7.61. The van der Waals surface area contributed by atoms with E-state index in [-0.39, 0.29) is 18.4 Å². The van der Waals surface area contributed by atoms with Crippen molar-refractivity contribution < 1.29 is 9.59 Å². The van der Waals surface area contributed by atoms with Gasteiger partial charge in [0, 0.05) is 22.0 Å². The predicted octanol–water partition coefficient (Wildman–Crippen LogP) is 3.05. The summed E-state index contributed by atoms with van der Waals surface area (Å²) >= 11 is 5.89. The van der Waals surface area contributed by atoms with E-state index in [9.17, 15) is 9.59 Å². The second kappa shape index (κ2) is 7.76. The highest BCUT2D eigenvalue weighted by Gasteiger charge is 2.10. The van der Waals surface area contributed by atoms with Crippen LogP contribution in [0.25, 0.3) is 0 Å². The number of hydrogen-bond acceptors (Lipinski definition) is 3. The van der Waals surface area contributed by atoms with Gasteiger partial charge in [-0.15, -0.1) is 0 Å². The third-order valence-electron chi connectivity index (χ3n) is 3.29. The third kappa shape index (κ3) is 4.55. The van der Waals surface area contributed by atoms with Gasteiger partial charge in [0.05, 0.1) is 6.54 Å². The highest BCUT2D eigenvalue weighted by atomic mass is 35.5. The van der Waals surface area contributed by atoms with Gasteiger partial charge in [0.15, 0.2) is 0 Å². The zero-order valence-electron chi connectivity index (χ0n) is 12.7. The van der Waals surface area contributed by atoms with Crippen LogP contribution < -0.4 is 16.4 Å². The third-order valence-corrected chi connectivity index (χ3v) is 3.53. The number of hydrogen-bond donors (Lipinski definition) is 3. The van der Waals surface area contributed by atoms with E-state index in [1.807, 2.05) is 13.0 Å². The number of rotatable bonds is 5. The molecule has 2 amide bonds. The fourth-order valence-electron chi connectivity index (χ4n) is 2.11. The molecular formula is C17H18ClN3O2. The van der Waals surface area contributed by atoms with Crippen molar-refractivity contribution in [1.29, 1.82) is 0 Å². The first-order chi connectivity index (χ1) is 11.0. The Morgan fingerprint density at radius 3 is 2.57 bits per heavy atom. The quantitative estimate of drug-likeness (QED) is 0.787. The molecule has 0 aliphatic heterocycles. The molecule has 4 N–H and O–H groups in total. The lowest BCUT2D eigenvalue weighted by molar-refractivity contribution is -0.114. The Bertz CT molecular complexity index is 732. The van der Waals surface area contributed by atoms with Gasteiger partial charge in [0.2, 0.25) is 5.91 Å². The van der Waals surface area contributed by atoms with Crippen molar-refractivity contribution in [2.75, 3.05) is 17.2 Å². The molecule has 0 heterocycles. The molecule has 0 aliphatic rings. The minimum Gasteiger partial charge on any atom is -0.325 e. The minimum absolute atomic E-state index is 0.0950. The molecular weight excluding hydrogens is 314 g/mol. The molecule has 23 heavy (non-hydrogen) atoms. The molecule has 0 saturated heterocycles. The average Bonchev–Trinajstić information content (AvgIpc) is 2.55. The van der Waals surface area contributed by atoms with Crippen molar-refractivity contribution >= 4 is 34.8 Å². The van der Waals surface area contributed by atoms with Crippen LogP contribution in [0, 0.1) is 0 Å². The second-order valence-electron chi connectivity index (χ2n) is 4.94. The molecule has 6 heteroatoms. The standard InChI is InChI=1S/C17H18ClN3O2/c1-2-11-6-7-14(9-15(11)21-16(22)10-19)20-17(23)12-4-3-5-13(18)8-12/h3-9H,2,10,19H2,1H3,(H,20,23)(H,21,22). The molecule has 2 aromatic carbocycles. The molecule has 0 unspecified atom stereocenters. The molecule has 2 aromatic rings. The van der Waals surface area contributed by atoms with E-state index in [0.717, 1.165) is 12.0 Å². The van der Waals surface area contributed by atoms with Gasteiger partial charge in [-0.1, -0.05) is 30.7 Å². The first kappa shape index (κ1) is 17.0. The van der Waals surface area contributed by atoms with Crippen molar-refractivity contribution in [3.8, 4) is 0 Å². The van der Waals surface area contributed by atoms with Gasteiger partial charge >= 0.3 is 0 Å². The van der Waals surface area contributed by atoms with E-state index < -0.39 is 0 Å². The van der Waals surface area contributed by atoms with E-state index in [1.165, 1.54) is 0 Å². The summed E-state index contributed by atoms with van der Waals surface area (Å²) in [5, 5.41) is 6.02. The number of carbonyl (C=O) groups excluding carboxylic acids is 2. The van der Waals surface area contributed by atoms with Crippen molar-refractivity contribution in [3.05, 3.63) is 58.6 Å². The van der Waals surface area contributed by atoms with E-state index in [1.54, 1.807) is 36.4 Å². The SMILES string of the molecule is CCc1ccc(NC(=O)c2cccc(Cl)c2)cc1NC(=O)CN. The summed E-state index contributed by atoms with van der Waals surface area (Å²) in [6.45, 7) is 1.89. The number of aryl methyl sites for hydroxylation is 1. The molecule has 0 fully saturated rings. The minimum atomic E-state index is -0.280. The van der Waals surface area contributed by atoms with Crippen molar-refractivity contribution in [1.82, 2.24) is 0 Å². The molecule has 120 valence electrons. The Kier molecular flexibility index (Phi) is 5.73. The van der Waals surface area contributed by atoms with Crippen LogP contribution >= 0.6 is 11.6 Å². The van der Waals surface area contributed by atoms with Gasteiger partial charge in [0.1, 0.15) is 0 Å². The van der Waals surface area contributed by atoms with Crippen LogP contribution in [0.4, 0.5) is 11.4 Å². The van der Waals surface area contributed by atoms with Crippen molar-refractivity contribution in [3.63, 3.8) is 0 Å². The van der Waals surface area contributed by atoms with Gasteiger partial charge in [0.25, 0.3) is 5.91 Å². The molecule has 0 aromatic heterocycles. The second-order valence-corrected chi connectivity index (χ2v) is 5.38.